The van der Waals surface area contributed by atoms with E-state index in [4.69, 9.17) is 19.8 Å². The molecule has 0 heterocycles. The molecule has 5 heteroatoms. The number of rotatable bonds is 0. The molecule has 0 aromatic heterocycles. The third-order valence-electron chi connectivity index (χ3n) is 0. The second kappa shape index (κ2) is 16.0. The predicted octanol–water partition coefficient (Wildman–Crippen LogP) is -0.0305. The van der Waals surface area contributed by atoms with E-state index < -0.39 is 5.97 Å². The fourth-order valence-corrected chi connectivity index (χ4v) is 0. The molecule has 0 spiro atoms. The fourth-order valence-electron chi connectivity index (χ4n) is 0. The Bertz CT molecular complexity index is 85.8. The third-order valence-corrected chi connectivity index (χ3v) is 0. The van der Waals surface area contributed by atoms with Crippen molar-refractivity contribution in [2.45, 2.75) is 6.92 Å². The molecule has 0 bridgehead atoms. The summed E-state index contributed by atoms with van der Waals surface area (Å²) in [6.45, 7) is 0.833. The molecule has 0 aliphatic rings. The fraction of sp³-hybridized carbons (Fsp3) is 0.667. The van der Waals surface area contributed by atoms with E-state index in [-0.39, 0.29) is 6.47 Å². The van der Waals surface area contributed by atoms with Crippen LogP contribution < -0.4 is 0 Å². The number of carboxylic acid groups (broad SMARTS) is 2. The lowest BCUT2D eigenvalue weighted by Crippen LogP contribution is -1.99. The van der Waals surface area contributed by atoms with Crippen LogP contribution in [0.2, 0.25) is 0 Å². The first-order chi connectivity index (χ1) is 4.88. The average molecular weight is 165 g/mol. The first kappa shape index (κ1) is 16.5. The minimum atomic E-state index is -0.833. The normalized spacial score (nSPS) is 6.64. The zero-order valence-electron chi connectivity index (χ0n) is 7.24. The second-order valence-corrected chi connectivity index (χ2v) is 1.97. The lowest BCUT2D eigenvalue weighted by atomic mass is 10.9. The Morgan fingerprint density at radius 3 is 1.36 bits per heavy atom. The number of hydrogen-bond donors (Lipinski definition) is 2. The Morgan fingerprint density at radius 2 is 1.36 bits per heavy atom. The largest absolute Gasteiger partial charge is 0.483 e. The van der Waals surface area contributed by atoms with E-state index in [1.807, 2.05) is 26.0 Å². The van der Waals surface area contributed by atoms with Crippen LogP contribution in [0.1, 0.15) is 6.92 Å². The first-order valence-corrected chi connectivity index (χ1v) is 2.76. The summed E-state index contributed by atoms with van der Waals surface area (Å²) in [6, 6.07) is 0. The summed E-state index contributed by atoms with van der Waals surface area (Å²) in [5, 5.41) is 14.3. The van der Waals surface area contributed by atoms with Gasteiger partial charge in [0.05, 0.1) is 0 Å². The molecule has 5 nitrogen and oxygen atoms in total. The van der Waals surface area contributed by atoms with Crippen molar-refractivity contribution >= 4 is 12.4 Å². The first-order valence-electron chi connectivity index (χ1n) is 2.76. The lowest BCUT2D eigenvalue weighted by Gasteiger charge is -1.90. The van der Waals surface area contributed by atoms with Crippen molar-refractivity contribution in [1.82, 2.24) is 4.90 Å². The Kier molecular flexibility index (Phi) is 23.9. The van der Waals surface area contributed by atoms with Crippen LogP contribution in [-0.2, 0) is 9.59 Å². The maximum absolute atomic E-state index is 9.00. The van der Waals surface area contributed by atoms with Gasteiger partial charge in [-0.1, -0.05) is 0 Å². The molecule has 0 radical (unpaired) electrons. The summed E-state index contributed by atoms with van der Waals surface area (Å²) >= 11 is 0. The molecule has 0 aromatic carbocycles. The van der Waals surface area contributed by atoms with Gasteiger partial charge in [0.25, 0.3) is 12.4 Å². The Balaban J connectivity index is -0.0000000886. The number of aliphatic carboxylic acids is 1. The van der Waals surface area contributed by atoms with Crippen molar-refractivity contribution in [2.75, 3.05) is 21.1 Å². The van der Waals surface area contributed by atoms with Gasteiger partial charge in [0.15, 0.2) is 0 Å². The van der Waals surface area contributed by atoms with E-state index in [0.29, 0.717) is 0 Å². The monoisotopic (exact) mass is 165 g/mol. The minimum absolute atomic E-state index is 0.250. The van der Waals surface area contributed by atoms with Gasteiger partial charge in [-0.25, -0.2) is 0 Å². The predicted molar refractivity (Wildman–Crippen MR) is 41.6 cm³/mol. The Morgan fingerprint density at radius 1 is 1.36 bits per heavy atom. The van der Waals surface area contributed by atoms with Crippen LogP contribution in [0.15, 0.2) is 0 Å². The summed E-state index contributed by atoms with van der Waals surface area (Å²) in [4.78, 5) is 19.4. The van der Waals surface area contributed by atoms with Gasteiger partial charge in [0.1, 0.15) is 0 Å². The summed E-state index contributed by atoms with van der Waals surface area (Å²) in [5.74, 6) is -0.833. The van der Waals surface area contributed by atoms with Crippen molar-refractivity contribution in [2.24, 2.45) is 0 Å². The lowest BCUT2D eigenvalue weighted by molar-refractivity contribution is -0.134. The molecule has 0 unspecified atom stereocenters. The molecule has 0 amide bonds. The number of hydrogen-bond acceptors (Lipinski definition) is 3. The Hall–Kier alpha value is -1.10. The van der Waals surface area contributed by atoms with E-state index in [2.05, 4.69) is 0 Å². The maximum atomic E-state index is 9.00. The standard InChI is InChI=1S/C3H9N.C2H4O2.CH2O2/c1-4(2)3;1-2(3)4;2-1-3/h1-3H3;1H3,(H,3,4);1H,(H,2,3). The van der Waals surface area contributed by atoms with Gasteiger partial charge in [0.2, 0.25) is 0 Å². The van der Waals surface area contributed by atoms with Crippen LogP contribution in [0.3, 0.4) is 0 Å². The van der Waals surface area contributed by atoms with Crippen LogP contribution in [0, 0.1) is 0 Å². The van der Waals surface area contributed by atoms with Gasteiger partial charge in [-0.15, -0.1) is 0 Å². The minimum Gasteiger partial charge on any atom is -0.483 e. The van der Waals surface area contributed by atoms with Gasteiger partial charge >= 0.3 is 0 Å². The van der Waals surface area contributed by atoms with Crippen LogP contribution in [0.25, 0.3) is 0 Å². The summed E-state index contributed by atoms with van der Waals surface area (Å²) in [6.07, 6.45) is 0. The van der Waals surface area contributed by atoms with E-state index in [0.717, 1.165) is 6.92 Å². The smallest absolute Gasteiger partial charge is 0.300 e. The Labute approximate surface area is 66.2 Å². The molecular formula is C6H15NO4. The molecule has 0 fully saturated rings. The zero-order valence-corrected chi connectivity index (χ0v) is 7.24. The van der Waals surface area contributed by atoms with E-state index in [1.165, 1.54) is 0 Å². The highest BCUT2D eigenvalue weighted by atomic mass is 16.4. The van der Waals surface area contributed by atoms with Gasteiger partial charge in [-0.3, -0.25) is 9.59 Å². The summed E-state index contributed by atoms with van der Waals surface area (Å²) in [5.41, 5.74) is 0. The second-order valence-electron chi connectivity index (χ2n) is 1.97. The van der Waals surface area contributed by atoms with Gasteiger partial charge in [0, 0.05) is 6.92 Å². The van der Waals surface area contributed by atoms with E-state index >= 15 is 0 Å². The molecule has 11 heavy (non-hydrogen) atoms. The highest BCUT2D eigenvalue weighted by Gasteiger charge is 1.65. The van der Waals surface area contributed by atoms with Crippen molar-refractivity contribution in [3.05, 3.63) is 0 Å². The number of carbonyl (C=O) groups is 2. The van der Waals surface area contributed by atoms with E-state index in [1.54, 1.807) is 0 Å². The molecule has 0 saturated carbocycles. The quantitative estimate of drug-likeness (QED) is 0.493. The van der Waals surface area contributed by atoms with Crippen molar-refractivity contribution in [1.29, 1.82) is 0 Å². The van der Waals surface area contributed by atoms with Crippen molar-refractivity contribution < 1.29 is 19.8 Å². The molecule has 0 aliphatic carbocycles. The molecule has 0 aromatic rings. The number of nitrogens with zero attached hydrogens (tertiary/aromatic N) is 1. The molecule has 0 rings (SSSR count). The van der Waals surface area contributed by atoms with Gasteiger partial charge < -0.3 is 15.1 Å². The molecule has 0 aliphatic heterocycles. The average Bonchev–Trinajstić information content (AvgIpc) is 1.60. The highest BCUT2D eigenvalue weighted by molar-refractivity contribution is 5.62. The van der Waals surface area contributed by atoms with Gasteiger partial charge in [-0.05, 0) is 21.1 Å². The summed E-state index contributed by atoms with van der Waals surface area (Å²) < 4.78 is 0. The summed E-state index contributed by atoms with van der Waals surface area (Å²) in [7, 11) is 6.00. The topological polar surface area (TPSA) is 77.8 Å². The van der Waals surface area contributed by atoms with Crippen molar-refractivity contribution in [3.8, 4) is 0 Å². The van der Waals surface area contributed by atoms with Crippen LogP contribution in [-0.4, -0.2) is 48.7 Å². The zero-order chi connectivity index (χ0) is 9.86. The molecule has 2 N–H and O–H groups in total. The van der Waals surface area contributed by atoms with Crippen molar-refractivity contribution in [3.63, 3.8) is 0 Å². The van der Waals surface area contributed by atoms with E-state index in [9.17, 15) is 0 Å². The van der Waals surface area contributed by atoms with Gasteiger partial charge in [-0.2, -0.15) is 0 Å². The maximum Gasteiger partial charge on any atom is 0.300 e. The van der Waals surface area contributed by atoms with Crippen LogP contribution in [0.5, 0.6) is 0 Å². The van der Waals surface area contributed by atoms with Crippen LogP contribution >= 0.6 is 0 Å². The molecule has 0 saturated heterocycles. The number of carboxylic acids is 1. The van der Waals surface area contributed by atoms with Crippen LogP contribution in [0.4, 0.5) is 0 Å². The molecular weight excluding hydrogens is 150 g/mol. The SMILES string of the molecule is CC(=O)O.CN(C)C.O=CO. The molecule has 0 atom stereocenters. The highest BCUT2D eigenvalue weighted by Crippen LogP contribution is 1.47. The molecule has 68 valence electrons. The third kappa shape index (κ3) is 350.